The number of piperazine rings is 1. The first-order valence-electron chi connectivity index (χ1n) is 8.04. The molecule has 0 saturated carbocycles. The molecular formula is C19H22N2O2. The summed E-state index contributed by atoms with van der Waals surface area (Å²) in [6.07, 6.45) is 0.692. The molecule has 0 aliphatic carbocycles. The third kappa shape index (κ3) is 4.57. The Morgan fingerprint density at radius 3 is 2.39 bits per heavy atom. The molecule has 3 rings (SSSR count). The van der Waals surface area contributed by atoms with Crippen LogP contribution in [-0.4, -0.2) is 36.7 Å². The fourth-order valence-corrected chi connectivity index (χ4v) is 2.84. The maximum atomic E-state index is 12.2. The van der Waals surface area contributed by atoms with Crippen LogP contribution < -0.4 is 5.32 Å². The van der Waals surface area contributed by atoms with E-state index in [1.54, 1.807) is 4.90 Å². The molecule has 0 radical (unpaired) electrons. The Balaban J connectivity index is 1.50. The monoisotopic (exact) mass is 310 g/mol. The van der Waals surface area contributed by atoms with Crippen LogP contribution in [0.3, 0.4) is 0 Å². The Bertz CT molecular complexity index is 616. The summed E-state index contributed by atoms with van der Waals surface area (Å²) in [5.41, 5.74) is 2.29. The minimum Gasteiger partial charge on any atom is -0.445 e. The van der Waals surface area contributed by atoms with Gasteiger partial charge in [-0.15, -0.1) is 0 Å². The molecule has 1 N–H and O–H groups in total. The topological polar surface area (TPSA) is 41.6 Å². The van der Waals surface area contributed by atoms with Crippen LogP contribution in [0.2, 0.25) is 0 Å². The number of nitrogens with one attached hydrogen (secondary N) is 1. The lowest BCUT2D eigenvalue weighted by Gasteiger charge is -2.33. The van der Waals surface area contributed by atoms with E-state index in [-0.39, 0.29) is 12.1 Å². The van der Waals surface area contributed by atoms with Crippen molar-refractivity contribution in [1.82, 2.24) is 10.2 Å². The van der Waals surface area contributed by atoms with Gasteiger partial charge in [0.15, 0.2) is 0 Å². The first-order valence-corrected chi connectivity index (χ1v) is 8.04. The Morgan fingerprint density at radius 2 is 1.70 bits per heavy atom. The minimum atomic E-state index is -0.228. The van der Waals surface area contributed by atoms with E-state index in [4.69, 9.17) is 4.74 Å². The molecular weight excluding hydrogens is 288 g/mol. The molecule has 1 saturated heterocycles. The van der Waals surface area contributed by atoms with Crippen molar-refractivity contribution in [2.45, 2.75) is 19.1 Å². The van der Waals surface area contributed by atoms with Crippen molar-refractivity contribution >= 4 is 6.09 Å². The number of carbonyl (C=O) groups is 1. The second-order valence-electron chi connectivity index (χ2n) is 5.83. The lowest BCUT2D eigenvalue weighted by molar-refractivity contribution is 0.0849. The van der Waals surface area contributed by atoms with Gasteiger partial charge in [0, 0.05) is 25.7 Å². The molecule has 0 bridgehead atoms. The third-order valence-corrected chi connectivity index (χ3v) is 4.04. The molecule has 2 aromatic rings. The molecule has 120 valence electrons. The van der Waals surface area contributed by atoms with Crippen LogP contribution in [0.1, 0.15) is 11.1 Å². The molecule has 1 aliphatic heterocycles. The van der Waals surface area contributed by atoms with Gasteiger partial charge in [0.25, 0.3) is 0 Å². The van der Waals surface area contributed by atoms with Crippen LogP contribution in [0, 0.1) is 0 Å². The summed E-state index contributed by atoms with van der Waals surface area (Å²) in [5.74, 6) is 0. The molecule has 1 aliphatic rings. The fraction of sp³-hybridized carbons (Fsp3) is 0.316. The van der Waals surface area contributed by atoms with Crippen molar-refractivity contribution in [1.29, 1.82) is 0 Å². The summed E-state index contributed by atoms with van der Waals surface area (Å²) < 4.78 is 5.43. The maximum Gasteiger partial charge on any atom is 0.410 e. The third-order valence-electron chi connectivity index (χ3n) is 4.04. The van der Waals surface area contributed by atoms with E-state index in [1.807, 2.05) is 48.5 Å². The zero-order chi connectivity index (χ0) is 15.9. The van der Waals surface area contributed by atoms with Gasteiger partial charge in [-0.3, -0.25) is 0 Å². The molecule has 4 heteroatoms. The van der Waals surface area contributed by atoms with Crippen molar-refractivity contribution in [2.24, 2.45) is 0 Å². The number of ether oxygens (including phenoxy) is 1. The van der Waals surface area contributed by atoms with Gasteiger partial charge < -0.3 is 15.0 Å². The Kier molecular flexibility index (Phi) is 5.27. The van der Waals surface area contributed by atoms with E-state index >= 15 is 0 Å². The Morgan fingerprint density at radius 1 is 1.04 bits per heavy atom. The second kappa shape index (κ2) is 7.79. The van der Waals surface area contributed by atoms with Gasteiger partial charge in [0.05, 0.1) is 0 Å². The predicted molar refractivity (Wildman–Crippen MR) is 90.1 cm³/mol. The number of hydrogen-bond acceptors (Lipinski definition) is 3. The smallest absolute Gasteiger partial charge is 0.410 e. The molecule has 1 amide bonds. The van der Waals surface area contributed by atoms with E-state index in [0.29, 0.717) is 19.7 Å². The molecule has 2 aromatic carbocycles. The van der Waals surface area contributed by atoms with Crippen LogP contribution in [0.5, 0.6) is 0 Å². The van der Waals surface area contributed by atoms with Gasteiger partial charge in [-0.2, -0.15) is 0 Å². The van der Waals surface area contributed by atoms with E-state index in [0.717, 1.165) is 18.5 Å². The highest BCUT2D eigenvalue weighted by Crippen LogP contribution is 2.10. The summed E-state index contributed by atoms with van der Waals surface area (Å²) in [4.78, 5) is 14.0. The highest BCUT2D eigenvalue weighted by molar-refractivity contribution is 5.67. The lowest BCUT2D eigenvalue weighted by Crippen LogP contribution is -2.53. The molecule has 23 heavy (non-hydrogen) atoms. The summed E-state index contributed by atoms with van der Waals surface area (Å²) in [5, 5.41) is 3.48. The van der Waals surface area contributed by atoms with Crippen LogP contribution in [0.15, 0.2) is 60.7 Å². The predicted octanol–water partition coefficient (Wildman–Crippen LogP) is 2.84. The van der Waals surface area contributed by atoms with Gasteiger partial charge in [0.2, 0.25) is 0 Å². The number of benzene rings is 2. The van der Waals surface area contributed by atoms with Crippen LogP contribution in [-0.2, 0) is 17.8 Å². The van der Waals surface area contributed by atoms with E-state index in [1.165, 1.54) is 5.56 Å². The van der Waals surface area contributed by atoms with Gasteiger partial charge in [-0.25, -0.2) is 4.79 Å². The standard InChI is InChI=1S/C19H22N2O2/c22-19(23-15-17-9-5-2-6-10-17)21-12-11-20-18(14-21)13-16-7-3-1-4-8-16/h1-10,18,20H,11-15H2/t18-/m0/s1. The summed E-state index contributed by atoms with van der Waals surface area (Å²) >= 11 is 0. The molecule has 1 fully saturated rings. The fourth-order valence-electron chi connectivity index (χ4n) is 2.84. The van der Waals surface area contributed by atoms with Crippen molar-refractivity contribution in [3.63, 3.8) is 0 Å². The normalized spacial score (nSPS) is 17.7. The number of carbonyl (C=O) groups excluding carboxylic acids is 1. The molecule has 1 heterocycles. The van der Waals surface area contributed by atoms with Gasteiger partial charge in [-0.1, -0.05) is 60.7 Å². The zero-order valence-corrected chi connectivity index (χ0v) is 13.2. The van der Waals surface area contributed by atoms with Crippen LogP contribution in [0.25, 0.3) is 0 Å². The number of nitrogens with zero attached hydrogens (tertiary/aromatic N) is 1. The number of rotatable bonds is 4. The Labute approximate surface area is 137 Å². The first kappa shape index (κ1) is 15.6. The van der Waals surface area contributed by atoms with Crippen molar-refractivity contribution in [3.05, 3.63) is 71.8 Å². The Hall–Kier alpha value is -2.33. The SMILES string of the molecule is O=C(OCc1ccccc1)N1CCN[C@@H](Cc2ccccc2)C1. The summed E-state index contributed by atoms with van der Waals surface area (Å²) in [7, 11) is 0. The first-order chi connectivity index (χ1) is 11.3. The van der Waals surface area contributed by atoms with E-state index in [9.17, 15) is 4.79 Å². The largest absolute Gasteiger partial charge is 0.445 e. The number of amides is 1. The highest BCUT2D eigenvalue weighted by Gasteiger charge is 2.24. The van der Waals surface area contributed by atoms with E-state index in [2.05, 4.69) is 17.4 Å². The quantitative estimate of drug-likeness (QED) is 0.944. The van der Waals surface area contributed by atoms with E-state index < -0.39 is 0 Å². The highest BCUT2D eigenvalue weighted by atomic mass is 16.6. The second-order valence-corrected chi connectivity index (χ2v) is 5.83. The number of hydrogen-bond donors (Lipinski definition) is 1. The average Bonchev–Trinajstić information content (AvgIpc) is 2.62. The molecule has 0 spiro atoms. The maximum absolute atomic E-state index is 12.2. The van der Waals surface area contributed by atoms with Gasteiger partial charge >= 0.3 is 6.09 Å². The molecule has 0 unspecified atom stereocenters. The van der Waals surface area contributed by atoms with Crippen molar-refractivity contribution < 1.29 is 9.53 Å². The molecule has 0 aromatic heterocycles. The summed E-state index contributed by atoms with van der Waals surface area (Å²) in [6.45, 7) is 2.51. The average molecular weight is 310 g/mol. The summed E-state index contributed by atoms with van der Waals surface area (Å²) in [6, 6.07) is 20.4. The van der Waals surface area contributed by atoms with Crippen LogP contribution >= 0.6 is 0 Å². The van der Waals surface area contributed by atoms with Crippen molar-refractivity contribution in [2.75, 3.05) is 19.6 Å². The minimum absolute atomic E-state index is 0.228. The zero-order valence-electron chi connectivity index (χ0n) is 13.2. The lowest BCUT2D eigenvalue weighted by atomic mass is 10.0. The van der Waals surface area contributed by atoms with Crippen molar-refractivity contribution in [3.8, 4) is 0 Å². The molecule has 4 nitrogen and oxygen atoms in total. The molecule has 1 atom stereocenters. The van der Waals surface area contributed by atoms with Gasteiger partial charge in [-0.05, 0) is 17.5 Å². The van der Waals surface area contributed by atoms with Gasteiger partial charge in [0.1, 0.15) is 6.61 Å². The van der Waals surface area contributed by atoms with Crippen LogP contribution in [0.4, 0.5) is 4.79 Å².